The number of benzene rings is 2. The van der Waals surface area contributed by atoms with E-state index in [1.807, 2.05) is 6.07 Å². The van der Waals surface area contributed by atoms with Crippen molar-refractivity contribution in [2.75, 3.05) is 16.8 Å². The van der Waals surface area contributed by atoms with E-state index < -0.39 is 29.8 Å². The van der Waals surface area contributed by atoms with E-state index in [1.54, 1.807) is 30.3 Å². The molecule has 2 amide bonds. The number of hydrogen-bond acceptors (Lipinski definition) is 5. The number of halogens is 1. The zero-order valence-electron chi connectivity index (χ0n) is 15.5. The van der Waals surface area contributed by atoms with Crippen molar-refractivity contribution >= 4 is 35.4 Å². The molecule has 154 valence electrons. The van der Waals surface area contributed by atoms with Crippen molar-refractivity contribution in [1.82, 2.24) is 5.32 Å². The smallest absolute Gasteiger partial charge is 0.408 e. The predicted molar refractivity (Wildman–Crippen MR) is 108 cm³/mol. The van der Waals surface area contributed by atoms with Gasteiger partial charge in [0.15, 0.2) is 0 Å². The predicted octanol–water partition coefficient (Wildman–Crippen LogP) is 3.27. The van der Waals surface area contributed by atoms with Crippen molar-refractivity contribution in [2.24, 2.45) is 0 Å². The van der Waals surface area contributed by atoms with E-state index in [2.05, 4.69) is 10.6 Å². The molecule has 1 atom stereocenters. The number of para-hydroxylation sites is 1. The number of rotatable bonds is 10. The number of amides is 2. The van der Waals surface area contributed by atoms with E-state index >= 15 is 0 Å². The average molecular weight is 420 g/mol. The van der Waals surface area contributed by atoms with Gasteiger partial charge in [-0.3, -0.25) is 4.79 Å². The minimum Gasteiger partial charge on any atom is -0.480 e. The van der Waals surface area contributed by atoms with Gasteiger partial charge < -0.3 is 20.5 Å². The van der Waals surface area contributed by atoms with Gasteiger partial charge in [-0.05, 0) is 29.9 Å². The summed E-state index contributed by atoms with van der Waals surface area (Å²) in [6, 6.07) is 13.7. The van der Waals surface area contributed by atoms with Crippen LogP contribution in [0.5, 0.6) is 0 Å². The lowest BCUT2D eigenvalue weighted by molar-refractivity contribution is -0.139. The van der Waals surface area contributed by atoms with Crippen LogP contribution in [-0.2, 0) is 20.9 Å². The van der Waals surface area contributed by atoms with Gasteiger partial charge in [0.1, 0.15) is 18.5 Å². The third-order valence-corrected chi connectivity index (χ3v) is 4.73. The normalized spacial score (nSPS) is 11.3. The van der Waals surface area contributed by atoms with Crippen LogP contribution in [0.15, 0.2) is 54.6 Å². The molecule has 0 spiro atoms. The van der Waals surface area contributed by atoms with Crippen LogP contribution in [0.1, 0.15) is 12.0 Å². The van der Waals surface area contributed by atoms with Crippen molar-refractivity contribution < 1.29 is 28.6 Å². The van der Waals surface area contributed by atoms with Gasteiger partial charge in [-0.25, -0.2) is 14.0 Å². The van der Waals surface area contributed by atoms with E-state index in [1.165, 1.54) is 30.0 Å². The monoisotopic (exact) mass is 420 g/mol. The lowest BCUT2D eigenvalue weighted by atomic mass is 10.2. The molecular weight excluding hydrogens is 399 g/mol. The van der Waals surface area contributed by atoms with Crippen molar-refractivity contribution in [3.63, 3.8) is 0 Å². The van der Waals surface area contributed by atoms with Gasteiger partial charge >= 0.3 is 12.1 Å². The van der Waals surface area contributed by atoms with Crippen LogP contribution in [-0.4, -0.2) is 40.6 Å². The van der Waals surface area contributed by atoms with E-state index in [0.717, 1.165) is 5.56 Å². The maximum Gasteiger partial charge on any atom is 0.408 e. The Morgan fingerprint density at radius 2 is 1.76 bits per heavy atom. The number of nitrogens with one attached hydrogen (secondary N) is 2. The van der Waals surface area contributed by atoms with Gasteiger partial charge in [-0.2, -0.15) is 11.8 Å². The number of carbonyl (C=O) groups excluding carboxylic acids is 2. The molecule has 0 heterocycles. The number of thioether (sulfide) groups is 1. The molecule has 0 fully saturated rings. The van der Waals surface area contributed by atoms with Crippen LogP contribution in [0, 0.1) is 5.82 Å². The highest BCUT2D eigenvalue weighted by molar-refractivity contribution is 7.99. The Hall–Kier alpha value is -3.07. The van der Waals surface area contributed by atoms with E-state index in [4.69, 9.17) is 4.74 Å². The molecule has 0 aliphatic carbocycles. The Bertz CT molecular complexity index is 835. The molecule has 0 aromatic heterocycles. The molecule has 0 saturated heterocycles. The molecule has 2 rings (SSSR count). The molecule has 2 aromatic rings. The Morgan fingerprint density at radius 3 is 2.45 bits per heavy atom. The van der Waals surface area contributed by atoms with Gasteiger partial charge in [0.25, 0.3) is 0 Å². The number of alkyl carbamates (subject to hydrolysis) is 1. The van der Waals surface area contributed by atoms with Crippen LogP contribution in [0.2, 0.25) is 0 Å². The Kier molecular flexibility index (Phi) is 8.97. The van der Waals surface area contributed by atoms with Gasteiger partial charge in [0, 0.05) is 0 Å². The Labute approximate surface area is 171 Å². The van der Waals surface area contributed by atoms with Crippen LogP contribution in [0.4, 0.5) is 14.9 Å². The molecule has 29 heavy (non-hydrogen) atoms. The summed E-state index contributed by atoms with van der Waals surface area (Å²) in [6.07, 6.45) is -0.725. The molecular formula is C20H21FN2O5S. The fourth-order valence-corrected chi connectivity index (χ4v) is 3.08. The highest BCUT2D eigenvalue weighted by Gasteiger charge is 2.20. The molecule has 0 bridgehead atoms. The SMILES string of the molecule is O=C(CSCCC(NC(=O)OCc1ccccc1)C(=O)O)Nc1ccccc1F. The minimum absolute atomic E-state index is 0.0269. The van der Waals surface area contributed by atoms with Crippen molar-refractivity contribution in [3.05, 3.63) is 66.0 Å². The summed E-state index contributed by atoms with van der Waals surface area (Å²) in [7, 11) is 0. The summed E-state index contributed by atoms with van der Waals surface area (Å²) in [6.45, 7) is 0.0317. The minimum atomic E-state index is -1.20. The first kappa shape index (κ1) is 22.2. The van der Waals surface area contributed by atoms with Crippen LogP contribution in [0.25, 0.3) is 0 Å². The Balaban J connectivity index is 1.69. The first-order valence-corrected chi connectivity index (χ1v) is 9.93. The maximum atomic E-state index is 13.5. The number of anilines is 1. The van der Waals surface area contributed by atoms with Gasteiger partial charge in [-0.15, -0.1) is 0 Å². The van der Waals surface area contributed by atoms with E-state index in [9.17, 15) is 23.9 Å². The van der Waals surface area contributed by atoms with Crippen molar-refractivity contribution in [2.45, 2.75) is 19.1 Å². The first-order chi connectivity index (χ1) is 14.0. The topological polar surface area (TPSA) is 105 Å². The molecule has 2 aromatic carbocycles. The third-order valence-electron chi connectivity index (χ3n) is 3.73. The maximum absolute atomic E-state index is 13.5. The molecule has 0 radical (unpaired) electrons. The molecule has 0 aliphatic heterocycles. The molecule has 1 unspecified atom stereocenters. The van der Waals surface area contributed by atoms with Crippen molar-refractivity contribution in [1.29, 1.82) is 0 Å². The fraction of sp³-hybridized carbons (Fsp3) is 0.250. The lowest BCUT2D eigenvalue weighted by Gasteiger charge is -2.14. The summed E-state index contributed by atoms with van der Waals surface area (Å²) >= 11 is 1.18. The number of hydrogen-bond donors (Lipinski definition) is 3. The highest BCUT2D eigenvalue weighted by atomic mass is 32.2. The summed E-state index contributed by atoms with van der Waals surface area (Å²) in [4.78, 5) is 35.0. The zero-order chi connectivity index (χ0) is 21.1. The standard InChI is InChI=1S/C20H21FN2O5S/c21-15-8-4-5-9-16(15)22-18(24)13-29-11-10-17(19(25)26)23-20(27)28-12-14-6-2-1-3-7-14/h1-9,17H,10-13H2,(H,22,24)(H,23,27)(H,25,26). The average Bonchev–Trinajstić information content (AvgIpc) is 2.71. The molecule has 0 saturated carbocycles. The quantitative estimate of drug-likeness (QED) is 0.510. The molecule has 9 heteroatoms. The number of ether oxygens (including phenoxy) is 1. The second-order valence-electron chi connectivity index (χ2n) is 5.97. The number of carboxylic acid groups (broad SMARTS) is 1. The largest absolute Gasteiger partial charge is 0.480 e. The molecule has 7 nitrogen and oxygen atoms in total. The number of carboxylic acids is 1. The number of aliphatic carboxylic acids is 1. The van der Waals surface area contributed by atoms with Gasteiger partial charge in [-0.1, -0.05) is 42.5 Å². The molecule has 0 aliphatic rings. The summed E-state index contributed by atoms with van der Waals surface area (Å²) in [5.41, 5.74) is 0.871. The second kappa shape index (κ2) is 11.7. The lowest BCUT2D eigenvalue weighted by Crippen LogP contribution is -2.41. The third kappa shape index (κ3) is 8.22. The first-order valence-electron chi connectivity index (χ1n) is 8.78. The second-order valence-corrected chi connectivity index (χ2v) is 7.07. The number of carbonyl (C=O) groups is 3. The van der Waals surface area contributed by atoms with E-state index in [0.29, 0.717) is 5.75 Å². The molecule has 3 N–H and O–H groups in total. The fourth-order valence-electron chi connectivity index (χ4n) is 2.28. The van der Waals surface area contributed by atoms with Crippen molar-refractivity contribution in [3.8, 4) is 0 Å². The Morgan fingerprint density at radius 1 is 1.07 bits per heavy atom. The summed E-state index contributed by atoms with van der Waals surface area (Å²) in [5, 5.41) is 14.0. The van der Waals surface area contributed by atoms with Gasteiger partial charge in [0.2, 0.25) is 5.91 Å². The van der Waals surface area contributed by atoms with Crippen LogP contribution < -0.4 is 10.6 Å². The summed E-state index contributed by atoms with van der Waals surface area (Å²) in [5.74, 6) is -1.80. The van der Waals surface area contributed by atoms with Crippen LogP contribution >= 0.6 is 11.8 Å². The highest BCUT2D eigenvalue weighted by Crippen LogP contribution is 2.13. The van der Waals surface area contributed by atoms with Gasteiger partial charge in [0.05, 0.1) is 11.4 Å². The summed E-state index contributed by atoms with van der Waals surface area (Å²) < 4.78 is 18.5. The zero-order valence-corrected chi connectivity index (χ0v) is 16.3. The van der Waals surface area contributed by atoms with E-state index in [-0.39, 0.29) is 24.5 Å². The van der Waals surface area contributed by atoms with Crippen LogP contribution in [0.3, 0.4) is 0 Å².